The van der Waals surface area contributed by atoms with E-state index in [4.69, 9.17) is 4.74 Å². The van der Waals surface area contributed by atoms with Gasteiger partial charge in [0.05, 0.1) is 12.7 Å². The minimum atomic E-state index is -0.623. The molecule has 1 aromatic rings. The zero-order valence-electron chi connectivity index (χ0n) is 11.3. The Bertz CT molecular complexity index is 369. The van der Waals surface area contributed by atoms with Crippen molar-refractivity contribution >= 4 is 0 Å². The van der Waals surface area contributed by atoms with E-state index in [9.17, 15) is 5.11 Å². The third-order valence-corrected chi connectivity index (χ3v) is 3.46. The highest BCUT2D eigenvalue weighted by molar-refractivity contribution is 5.27. The van der Waals surface area contributed by atoms with Crippen LogP contribution in [-0.4, -0.2) is 30.4 Å². The summed E-state index contributed by atoms with van der Waals surface area (Å²) in [6.45, 7) is 2.60. The Kier molecular flexibility index (Phi) is 4.25. The second kappa shape index (κ2) is 5.72. The van der Waals surface area contributed by atoms with Crippen LogP contribution >= 0.6 is 0 Å². The molecule has 1 aliphatic rings. The fourth-order valence-electron chi connectivity index (χ4n) is 1.95. The average Bonchev–Trinajstić information content (AvgIpc) is 3.19. The molecule has 0 amide bonds. The fraction of sp³-hybridized carbons (Fsp3) is 0.600. The maximum Gasteiger partial charge on any atom is 0.118 e. The van der Waals surface area contributed by atoms with Gasteiger partial charge in [0.1, 0.15) is 5.75 Å². The van der Waals surface area contributed by atoms with Crippen LogP contribution in [0.1, 0.15) is 31.7 Å². The smallest absolute Gasteiger partial charge is 0.118 e. The largest absolute Gasteiger partial charge is 0.497 e. The summed E-state index contributed by atoms with van der Waals surface area (Å²) in [7, 11) is 1.67. The SMILES string of the molecule is COc1ccc(CCC(C)(O)CNC2CC2)cc1. The van der Waals surface area contributed by atoms with Crippen LogP contribution in [-0.2, 0) is 6.42 Å². The first-order valence-corrected chi connectivity index (χ1v) is 6.68. The van der Waals surface area contributed by atoms with Crippen molar-refractivity contribution in [3.8, 4) is 5.75 Å². The minimum Gasteiger partial charge on any atom is -0.497 e. The van der Waals surface area contributed by atoms with Crippen molar-refractivity contribution in [3.63, 3.8) is 0 Å². The van der Waals surface area contributed by atoms with Gasteiger partial charge in [-0.1, -0.05) is 12.1 Å². The normalized spacial score (nSPS) is 18.4. The van der Waals surface area contributed by atoms with Gasteiger partial charge in [-0.2, -0.15) is 0 Å². The molecule has 2 rings (SSSR count). The molecule has 1 unspecified atom stereocenters. The molecule has 18 heavy (non-hydrogen) atoms. The van der Waals surface area contributed by atoms with Gasteiger partial charge < -0.3 is 15.2 Å². The lowest BCUT2D eigenvalue weighted by molar-refractivity contribution is 0.0507. The number of ether oxygens (including phenoxy) is 1. The molecule has 1 fully saturated rings. The van der Waals surface area contributed by atoms with Gasteiger partial charge in [0.15, 0.2) is 0 Å². The topological polar surface area (TPSA) is 41.5 Å². The molecule has 100 valence electrons. The van der Waals surface area contributed by atoms with E-state index in [2.05, 4.69) is 17.4 Å². The van der Waals surface area contributed by atoms with Gasteiger partial charge in [0.2, 0.25) is 0 Å². The van der Waals surface area contributed by atoms with Crippen molar-refractivity contribution in [2.75, 3.05) is 13.7 Å². The minimum absolute atomic E-state index is 0.623. The number of methoxy groups -OCH3 is 1. The first-order chi connectivity index (χ1) is 8.59. The molecule has 1 aromatic carbocycles. The Balaban J connectivity index is 1.77. The van der Waals surface area contributed by atoms with E-state index in [-0.39, 0.29) is 0 Å². The fourth-order valence-corrected chi connectivity index (χ4v) is 1.95. The number of hydrogen-bond donors (Lipinski definition) is 2. The van der Waals surface area contributed by atoms with E-state index in [1.807, 2.05) is 19.1 Å². The quantitative estimate of drug-likeness (QED) is 0.778. The molecule has 1 aliphatic carbocycles. The van der Waals surface area contributed by atoms with Gasteiger partial charge >= 0.3 is 0 Å². The van der Waals surface area contributed by atoms with Gasteiger partial charge in [0, 0.05) is 12.6 Å². The van der Waals surface area contributed by atoms with E-state index >= 15 is 0 Å². The van der Waals surface area contributed by atoms with Crippen LogP contribution in [0.4, 0.5) is 0 Å². The molecule has 1 saturated carbocycles. The molecule has 0 bridgehead atoms. The predicted octanol–water partition coefficient (Wildman–Crippen LogP) is 2.13. The van der Waals surface area contributed by atoms with Crippen molar-refractivity contribution in [3.05, 3.63) is 29.8 Å². The Morgan fingerprint density at radius 3 is 2.56 bits per heavy atom. The van der Waals surface area contributed by atoms with Gasteiger partial charge in [0.25, 0.3) is 0 Å². The van der Waals surface area contributed by atoms with Crippen molar-refractivity contribution in [1.29, 1.82) is 0 Å². The van der Waals surface area contributed by atoms with E-state index in [0.717, 1.165) is 18.6 Å². The highest BCUT2D eigenvalue weighted by Crippen LogP contribution is 2.21. The monoisotopic (exact) mass is 249 g/mol. The summed E-state index contributed by atoms with van der Waals surface area (Å²) in [4.78, 5) is 0. The second-order valence-corrected chi connectivity index (χ2v) is 5.50. The van der Waals surface area contributed by atoms with Crippen LogP contribution in [0.25, 0.3) is 0 Å². The van der Waals surface area contributed by atoms with Crippen LogP contribution in [0, 0.1) is 0 Å². The number of benzene rings is 1. The Hall–Kier alpha value is -1.06. The molecule has 1 atom stereocenters. The molecule has 0 heterocycles. The molecular weight excluding hydrogens is 226 g/mol. The molecule has 0 aromatic heterocycles. The van der Waals surface area contributed by atoms with Crippen molar-refractivity contribution in [2.24, 2.45) is 0 Å². The molecule has 0 spiro atoms. The van der Waals surface area contributed by atoms with Crippen molar-refractivity contribution in [2.45, 2.75) is 44.2 Å². The lowest BCUT2D eigenvalue weighted by atomic mass is 9.96. The third-order valence-electron chi connectivity index (χ3n) is 3.46. The number of nitrogens with one attached hydrogen (secondary N) is 1. The maximum atomic E-state index is 10.3. The predicted molar refractivity (Wildman–Crippen MR) is 73.0 cm³/mol. The van der Waals surface area contributed by atoms with E-state index in [1.165, 1.54) is 18.4 Å². The Morgan fingerprint density at radius 1 is 1.33 bits per heavy atom. The Morgan fingerprint density at radius 2 is 2.00 bits per heavy atom. The molecular formula is C15H23NO2. The molecule has 0 saturated heterocycles. The van der Waals surface area contributed by atoms with Gasteiger partial charge in [-0.3, -0.25) is 0 Å². The first kappa shape index (κ1) is 13.4. The molecule has 0 radical (unpaired) electrons. The summed E-state index contributed by atoms with van der Waals surface area (Å²) in [5.74, 6) is 0.876. The molecule has 3 heteroatoms. The van der Waals surface area contributed by atoms with Crippen molar-refractivity contribution in [1.82, 2.24) is 5.32 Å². The summed E-state index contributed by atoms with van der Waals surface area (Å²) >= 11 is 0. The summed E-state index contributed by atoms with van der Waals surface area (Å²) < 4.78 is 5.13. The zero-order valence-corrected chi connectivity index (χ0v) is 11.3. The maximum absolute atomic E-state index is 10.3. The first-order valence-electron chi connectivity index (χ1n) is 6.68. The summed E-state index contributed by atoms with van der Waals surface area (Å²) in [6, 6.07) is 8.70. The highest BCUT2D eigenvalue weighted by atomic mass is 16.5. The van der Waals surface area contributed by atoms with Gasteiger partial charge in [-0.25, -0.2) is 0 Å². The zero-order chi connectivity index (χ0) is 13.0. The number of aliphatic hydroxyl groups is 1. The van der Waals surface area contributed by atoms with Crippen LogP contribution in [0.5, 0.6) is 5.75 Å². The lowest BCUT2D eigenvalue weighted by Crippen LogP contribution is -2.39. The molecule has 2 N–H and O–H groups in total. The highest BCUT2D eigenvalue weighted by Gasteiger charge is 2.26. The number of rotatable bonds is 7. The van der Waals surface area contributed by atoms with Crippen molar-refractivity contribution < 1.29 is 9.84 Å². The van der Waals surface area contributed by atoms with Gasteiger partial charge in [-0.05, 0) is 50.3 Å². The van der Waals surface area contributed by atoms with Crippen LogP contribution < -0.4 is 10.1 Å². The number of hydrogen-bond acceptors (Lipinski definition) is 3. The van der Waals surface area contributed by atoms with Gasteiger partial charge in [-0.15, -0.1) is 0 Å². The summed E-state index contributed by atoms with van der Waals surface area (Å²) in [6.07, 6.45) is 4.19. The van der Waals surface area contributed by atoms with Crippen LogP contribution in [0.2, 0.25) is 0 Å². The van der Waals surface area contributed by atoms with Crippen LogP contribution in [0.3, 0.4) is 0 Å². The van der Waals surface area contributed by atoms with E-state index in [0.29, 0.717) is 12.6 Å². The molecule has 0 aliphatic heterocycles. The van der Waals surface area contributed by atoms with Crippen LogP contribution in [0.15, 0.2) is 24.3 Å². The second-order valence-electron chi connectivity index (χ2n) is 5.50. The lowest BCUT2D eigenvalue weighted by Gasteiger charge is -2.23. The van der Waals surface area contributed by atoms with E-state index < -0.39 is 5.60 Å². The molecule has 3 nitrogen and oxygen atoms in total. The van der Waals surface area contributed by atoms with E-state index in [1.54, 1.807) is 7.11 Å². The Labute approximate surface area is 109 Å². The average molecular weight is 249 g/mol. The summed E-state index contributed by atoms with van der Waals surface area (Å²) in [5, 5.41) is 13.6. The standard InChI is InChI=1S/C15H23NO2/c1-15(17,11-16-13-5-6-13)10-9-12-3-7-14(18-2)8-4-12/h3-4,7-8,13,16-17H,5-6,9-11H2,1-2H3. The third kappa shape index (κ3) is 4.31. The summed E-state index contributed by atoms with van der Waals surface area (Å²) in [5.41, 5.74) is 0.616. The number of aryl methyl sites for hydroxylation is 1.